The zero-order valence-electron chi connectivity index (χ0n) is 9.92. The van der Waals surface area contributed by atoms with Crippen LogP contribution in [0.3, 0.4) is 0 Å². The van der Waals surface area contributed by atoms with Crippen LogP contribution in [0.5, 0.6) is 0 Å². The van der Waals surface area contributed by atoms with E-state index in [9.17, 15) is 9.59 Å². The molecule has 0 saturated heterocycles. The Labute approximate surface area is 108 Å². The quantitative estimate of drug-likeness (QED) is 0.828. The Morgan fingerprint density at radius 3 is 3.11 bits per heavy atom. The maximum Gasteiger partial charge on any atom is 0.270 e. The molecule has 0 spiro atoms. The van der Waals surface area contributed by atoms with E-state index >= 15 is 0 Å². The van der Waals surface area contributed by atoms with Crippen LogP contribution >= 0.6 is 11.8 Å². The summed E-state index contributed by atoms with van der Waals surface area (Å²) < 4.78 is 1.36. The Morgan fingerprint density at radius 2 is 2.33 bits per heavy atom. The normalized spacial score (nSPS) is 10.5. The summed E-state index contributed by atoms with van der Waals surface area (Å²) in [5.41, 5.74) is 0.255. The molecule has 0 radical (unpaired) electrons. The molecule has 0 atom stereocenters. The molecule has 2 rings (SSSR count). The van der Waals surface area contributed by atoms with Crippen LogP contribution in [0.1, 0.15) is 10.4 Å². The molecule has 0 saturated carbocycles. The molecule has 0 aromatic carbocycles. The molecule has 6 heteroatoms. The number of rotatable bonds is 4. The fourth-order valence-electron chi connectivity index (χ4n) is 1.54. The van der Waals surface area contributed by atoms with Gasteiger partial charge in [-0.3, -0.25) is 14.0 Å². The molecule has 94 valence electrons. The molecule has 0 aliphatic carbocycles. The van der Waals surface area contributed by atoms with Crippen LogP contribution in [0.15, 0.2) is 35.4 Å². The number of pyridine rings is 1. The monoisotopic (exact) mass is 263 g/mol. The van der Waals surface area contributed by atoms with Crippen molar-refractivity contribution in [1.29, 1.82) is 0 Å². The predicted octanol–water partition coefficient (Wildman–Crippen LogP) is 0.787. The largest absolute Gasteiger partial charge is 0.351 e. The second-order valence-electron chi connectivity index (χ2n) is 3.65. The summed E-state index contributed by atoms with van der Waals surface area (Å²) in [6.45, 7) is 0.539. The smallest absolute Gasteiger partial charge is 0.270 e. The molecule has 2 aromatic rings. The highest BCUT2D eigenvalue weighted by atomic mass is 32.2. The highest BCUT2D eigenvalue weighted by Crippen LogP contribution is 1.97. The molecule has 2 aromatic heterocycles. The number of hydrogen-bond donors (Lipinski definition) is 1. The SMILES string of the molecule is CSCCNC(=O)c1cnc2ccccn2c1=O. The Kier molecular flexibility index (Phi) is 3.99. The van der Waals surface area contributed by atoms with Crippen LogP contribution in [0.25, 0.3) is 5.65 Å². The summed E-state index contributed by atoms with van der Waals surface area (Å²) in [6.07, 6.45) is 4.88. The first-order valence-electron chi connectivity index (χ1n) is 5.47. The van der Waals surface area contributed by atoms with E-state index in [-0.39, 0.29) is 17.0 Å². The molecule has 0 aliphatic rings. The summed E-state index contributed by atoms with van der Waals surface area (Å²) >= 11 is 1.63. The second-order valence-corrected chi connectivity index (χ2v) is 4.64. The number of nitrogens with one attached hydrogen (secondary N) is 1. The van der Waals surface area contributed by atoms with Gasteiger partial charge in [-0.15, -0.1) is 0 Å². The third-order valence-electron chi connectivity index (χ3n) is 2.45. The topological polar surface area (TPSA) is 63.5 Å². The van der Waals surface area contributed by atoms with Crippen molar-refractivity contribution in [2.45, 2.75) is 0 Å². The molecule has 0 fully saturated rings. The van der Waals surface area contributed by atoms with Gasteiger partial charge in [0.15, 0.2) is 0 Å². The van der Waals surface area contributed by atoms with Gasteiger partial charge in [-0.2, -0.15) is 11.8 Å². The minimum absolute atomic E-state index is 0.0693. The standard InChI is InChI=1S/C12H13N3O2S/c1-18-7-5-13-11(16)9-8-14-10-4-2-3-6-15(10)12(9)17/h2-4,6,8H,5,7H2,1H3,(H,13,16). The highest BCUT2D eigenvalue weighted by Gasteiger charge is 2.12. The van der Waals surface area contributed by atoms with Gasteiger partial charge in [0.1, 0.15) is 11.2 Å². The van der Waals surface area contributed by atoms with Gasteiger partial charge >= 0.3 is 0 Å². The van der Waals surface area contributed by atoms with Gasteiger partial charge in [-0.05, 0) is 18.4 Å². The number of fused-ring (bicyclic) bond motifs is 1. The van der Waals surface area contributed by atoms with Crippen LogP contribution in [-0.2, 0) is 0 Å². The van der Waals surface area contributed by atoms with E-state index in [0.717, 1.165) is 5.75 Å². The minimum atomic E-state index is -0.375. The first kappa shape index (κ1) is 12.6. The minimum Gasteiger partial charge on any atom is -0.351 e. The van der Waals surface area contributed by atoms with E-state index in [1.807, 2.05) is 6.26 Å². The zero-order valence-corrected chi connectivity index (χ0v) is 10.7. The van der Waals surface area contributed by atoms with Gasteiger partial charge in [0.25, 0.3) is 11.5 Å². The first-order chi connectivity index (χ1) is 8.74. The van der Waals surface area contributed by atoms with Crippen LogP contribution in [0.4, 0.5) is 0 Å². The number of hydrogen-bond acceptors (Lipinski definition) is 4. The molecular weight excluding hydrogens is 250 g/mol. The molecule has 0 unspecified atom stereocenters. The number of amides is 1. The van der Waals surface area contributed by atoms with Crippen molar-refractivity contribution in [1.82, 2.24) is 14.7 Å². The Bertz CT molecular complexity index is 624. The van der Waals surface area contributed by atoms with Crippen molar-refractivity contribution >= 4 is 23.3 Å². The van der Waals surface area contributed by atoms with Gasteiger partial charge in [0.05, 0.1) is 0 Å². The molecule has 5 nitrogen and oxygen atoms in total. The van der Waals surface area contributed by atoms with E-state index in [0.29, 0.717) is 12.2 Å². The van der Waals surface area contributed by atoms with E-state index in [1.165, 1.54) is 10.6 Å². The van der Waals surface area contributed by atoms with Crippen molar-refractivity contribution in [2.24, 2.45) is 0 Å². The van der Waals surface area contributed by atoms with Crippen molar-refractivity contribution in [3.63, 3.8) is 0 Å². The van der Waals surface area contributed by atoms with Crippen molar-refractivity contribution in [3.05, 3.63) is 46.5 Å². The van der Waals surface area contributed by atoms with E-state index in [2.05, 4.69) is 10.3 Å². The molecule has 0 bridgehead atoms. The summed E-state index contributed by atoms with van der Waals surface area (Å²) in [7, 11) is 0. The van der Waals surface area contributed by atoms with Crippen molar-refractivity contribution in [2.75, 3.05) is 18.6 Å². The average Bonchev–Trinajstić information content (AvgIpc) is 2.39. The summed E-state index contributed by atoms with van der Waals surface area (Å²) in [5.74, 6) is 0.438. The Balaban J connectivity index is 2.31. The molecular formula is C12H13N3O2S. The second kappa shape index (κ2) is 5.68. The van der Waals surface area contributed by atoms with Gasteiger partial charge < -0.3 is 5.32 Å². The summed E-state index contributed by atoms with van der Waals surface area (Å²) in [6, 6.07) is 5.24. The molecule has 2 heterocycles. The number of aromatic nitrogens is 2. The fourth-order valence-corrected chi connectivity index (χ4v) is 1.85. The fraction of sp³-hybridized carbons (Fsp3) is 0.250. The number of carbonyl (C=O) groups is 1. The Morgan fingerprint density at radius 1 is 1.50 bits per heavy atom. The highest BCUT2D eigenvalue weighted by molar-refractivity contribution is 7.98. The summed E-state index contributed by atoms with van der Waals surface area (Å²) in [5, 5.41) is 2.69. The third-order valence-corrected chi connectivity index (χ3v) is 3.06. The molecule has 1 amide bonds. The van der Waals surface area contributed by atoms with Crippen molar-refractivity contribution < 1.29 is 4.79 Å². The lowest BCUT2D eigenvalue weighted by Crippen LogP contribution is -2.32. The number of thioether (sulfide) groups is 1. The number of nitrogens with zero attached hydrogens (tertiary/aromatic N) is 2. The first-order valence-corrected chi connectivity index (χ1v) is 6.87. The number of carbonyl (C=O) groups excluding carboxylic acids is 1. The lowest BCUT2D eigenvalue weighted by Gasteiger charge is -2.05. The van der Waals surface area contributed by atoms with Gasteiger partial charge in [-0.1, -0.05) is 6.07 Å². The van der Waals surface area contributed by atoms with Gasteiger partial charge in [0, 0.05) is 24.7 Å². The maximum atomic E-state index is 12.1. The molecule has 18 heavy (non-hydrogen) atoms. The molecule has 1 N–H and O–H groups in total. The van der Waals surface area contributed by atoms with Crippen molar-refractivity contribution in [3.8, 4) is 0 Å². The maximum absolute atomic E-state index is 12.1. The molecule has 0 aliphatic heterocycles. The summed E-state index contributed by atoms with van der Waals surface area (Å²) in [4.78, 5) is 28.0. The lowest BCUT2D eigenvalue weighted by atomic mass is 10.3. The van der Waals surface area contributed by atoms with Crippen LogP contribution in [0.2, 0.25) is 0 Å². The third kappa shape index (κ3) is 2.53. The lowest BCUT2D eigenvalue weighted by molar-refractivity contribution is 0.0954. The van der Waals surface area contributed by atoms with Crippen LogP contribution < -0.4 is 10.9 Å². The van der Waals surface area contributed by atoms with Crippen LogP contribution in [-0.4, -0.2) is 33.8 Å². The predicted molar refractivity (Wildman–Crippen MR) is 72.2 cm³/mol. The zero-order chi connectivity index (χ0) is 13.0. The van der Waals surface area contributed by atoms with Gasteiger partial charge in [-0.25, -0.2) is 4.98 Å². The van der Waals surface area contributed by atoms with E-state index in [1.54, 1.807) is 36.2 Å². The average molecular weight is 263 g/mol. The van der Waals surface area contributed by atoms with E-state index < -0.39 is 0 Å². The van der Waals surface area contributed by atoms with E-state index in [4.69, 9.17) is 0 Å². The Hall–Kier alpha value is -1.82. The van der Waals surface area contributed by atoms with Crippen LogP contribution in [0, 0.1) is 0 Å². The van der Waals surface area contributed by atoms with Gasteiger partial charge in [0.2, 0.25) is 0 Å².